The topological polar surface area (TPSA) is 64.9 Å². The molecule has 2 rings (SSSR count). The molecule has 0 spiro atoms. The monoisotopic (exact) mass is 235 g/mol. The molecule has 0 bridgehead atoms. The van der Waals surface area contributed by atoms with Crippen LogP contribution in [0.1, 0.15) is 11.4 Å². The van der Waals surface area contributed by atoms with Crippen LogP contribution in [0.25, 0.3) is 11.5 Å². The number of rotatable bonds is 3. The molecule has 1 aromatic heterocycles. The fourth-order valence-electron chi connectivity index (χ4n) is 1.33. The van der Waals surface area contributed by atoms with Gasteiger partial charge < -0.3 is 10.3 Å². The second-order valence-electron chi connectivity index (χ2n) is 3.52. The molecule has 2 N–H and O–H groups in total. The molecule has 0 atom stereocenters. The minimum absolute atomic E-state index is 0.524. The minimum atomic E-state index is 0.524. The first-order valence-corrected chi connectivity index (χ1v) is 6.28. The fraction of sp³-hybridized carbons (Fsp3) is 0.273. The summed E-state index contributed by atoms with van der Waals surface area (Å²) < 4.78 is 5.17. The molecular formula is C11H13N3OS. The van der Waals surface area contributed by atoms with Crippen molar-refractivity contribution in [2.24, 2.45) is 0 Å². The summed E-state index contributed by atoms with van der Waals surface area (Å²) >= 11 is 1.66. The zero-order valence-corrected chi connectivity index (χ0v) is 10.0. The van der Waals surface area contributed by atoms with Crippen molar-refractivity contribution in [3.63, 3.8) is 0 Å². The van der Waals surface area contributed by atoms with Crippen LogP contribution in [-0.2, 0) is 5.75 Å². The quantitative estimate of drug-likeness (QED) is 0.828. The number of benzene rings is 1. The molecule has 0 saturated heterocycles. The lowest BCUT2D eigenvalue weighted by Gasteiger charge is -2.00. The van der Waals surface area contributed by atoms with E-state index in [1.165, 1.54) is 0 Å². The van der Waals surface area contributed by atoms with Gasteiger partial charge in [0.15, 0.2) is 5.82 Å². The number of aromatic nitrogens is 2. The summed E-state index contributed by atoms with van der Waals surface area (Å²) in [7, 11) is 0. The average molecular weight is 235 g/mol. The Labute approximate surface area is 98.2 Å². The Morgan fingerprint density at radius 3 is 2.94 bits per heavy atom. The molecule has 0 radical (unpaired) electrons. The number of hydrogen-bond donors (Lipinski definition) is 1. The van der Waals surface area contributed by atoms with Crippen molar-refractivity contribution in [3.8, 4) is 11.5 Å². The maximum absolute atomic E-state index is 5.83. The van der Waals surface area contributed by atoms with E-state index in [1.54, 1.807) is 11.8 Å². The fourth-order valence-corrected chi connectivity index (χ4v) is 1.71. The van der Waals surface area contributed by atoms with Crippen LogP contribution in [0.2, 0.25) is 0 Å². The molecule has 1 aromatic carbocycles. The van der Waals surface area contributed by atoms with Gasteiger partial charge in [-0.2, -0.15) is 16.7 Å². The molecule has 16 heavy (non-hydrogen) atoms. The van der Waals surface area contributed by atoms with Crippen LogP contribution < -0.4 is 5.73 Å². The highest BCUT2D eigenvalue weighted by Gasteiger charge is 2.08. The molecule has 0 aliphatic carbocycles. The lowest BCUT2D eigenvalue weighted by molar-refractivity contribution is 0.425. The Hall–Kier alpha value is -1.49. The van der Waals surface area contributed by atoms with Crippen molar-refractivity contribution in [2.45, 2.75) is 12.7 Å². The van der Waals surface area contributed by atoms with E-state index in [-0.39, 0.29) is 0 Å². The van der Waals surface area contributed by atoms with Crippen molar-refractivity contribution in [3.05, 3.63) is 29.6 Å². The van der Waals surface area contributed by atoms with Crippen LogP contribution in [0.5, 0.6) is 0 Å². The van der Waals surface area contributed by atoms with Gasteiger partial charge in [0, 0.05) is 11.3 Å². The summed E-state index contributed by atoms with van der Waals surface area (Å²) in [5.74, 6) is 1.99. The molecular weight excluding hydrogens is 222 g/mol. The van der Waals surface area contributed by atoms with Gasteiger partial charge in [0.05, 0.1) is 5.75 Å². The lowest BCUT2D eigenvalue weighted by Crippen LogP contribution is -1.90. The molecule has 4 nitrogen and oxygen atoms in total. The standard InChI is InChI=1S/C11H13N3OS/c1-7-3-4-8(5-9(7)12)11-13-10(6-16-2)14-15-11/h3-5H,6,12H2,1-2H3. The third kappa shape index (κ3) is 2.19. The zero-order valence-electron chi connectivity index (χ0n) is 9.23. The van der Waals surface area contributed by atoms with E-state index < -0.39 is 0 Å². The van der Waals surface area contributed by atoms with E-state index in [9.17, 15) is 0 Å². The summed E-state index contributed by atoms with van der Waals surface area (Å²) in [5.41, 5.74) is 8.48. The van der Waals surface area contributed by atoms with Crippen LogP contribution in [0, 0.1) is 6.92 Å². The van der Waals surface area contributed by atoms with Gasteiger partial charge in [0.1, 0.15) is 0 Å². The number of aryl methyl sites for hydroxylation is 1. The second-order valence-corrected chi connectivity index (χ2v) is 4.39. The minimum Gasteiger partial charge on any atom is -0.398 e. The third-order valence-corrected chi connectivity index (χ3v) is 2.81. The SMILES string of the molecule is CSCc1noc(-c2ccc(C)c(N)c2)n1. The maximum atomic E-state index is 5.83. The van der Waals surface area contributed by atoms with Gasteiger partial charge in [0.2, 0.25) is 0 Å². The number of nitrogen functional groups attached to an aromatic ring is 1. The van der Waals surface area contributed by atoms with Crippen molar-refractivity contribution < 1.29 is 4.52 Å². The average Bonchev–Trinajstić information content (AvgIpc) is 2.71. The number of anilines is 1. The Morgan fingerprint density at radius 2 is 2.25 bits per heavy atom. The Morgan fingerprint density at radius 1 is 1.44 bits per heavy atom. The first-order valence-electron chi connectivity index (χ1n) is 4.88. The van der Waals surface area contributed by atoms with Gasteiger partial charge in [-0.15, -0.1) is 0 Å². The molecule has 5 heteroatoms. The van der Waals surface area contributed by atoms with E-state index in [0.717, 1.165) is 22.6 Å². The maximum Gasteiger partial charge on any atom is 0.258 e. The Balaban J connectivity index is 2.31. The first-order chi connectivity index (χ1) is 7.70. The molecule has 0 fully saturated rings. The number of thioether (sulfide) groups is 1. The Kier molecular flexibility index (Phi) is 3.14. The molecule has 2 aromatic rings. The lowest BCUT2D eigenvalue weighted by atomic mass is 10.1. The van der Waals surface area contributed by atoms with Crippen molar-refractivity contribution in [1.29, 1.82) is 0 Å². The van der Waals surface area contributed by atoms with Crippen LogP contribution in [-0.4, -0.2) is 16.4 Å². The highest BCUT2D eigenvalue weighted by Crippen LogP contribution is 2.22. The van der Waals surface area contributed by atoms with Crippen LogP contribution in [0.4, 0.5) is 5.69 Å². The predicted molar refractivity (Wildman–Crippen MR) is 66.1 cm³/mol. The predicted octanol–water partition coefficient (Wildman–Crippen LogP) is 2.49. The van der Waals surface area contributed by atoms with Gasteiger partial charge in [-0.3, -0.25) is 0 Å². The largest absolute Gasteiger partial charge is 0.398 e. The third-order valence-electron chi connectivity index (χ3n) is 2.27. The van der Waals surface area contributed by atoms with Crippen LogP contribution >= 0.6 is 11.8 Å². The smallest absolute Gasteiger partial charge is 0.258 e. The summed E-state index contributed by atoms with van der Waals surface area (Å²) in [6.07, 6.45) is 2.00. The molecule has 1 heterocycles. The van der Waals surface area contributed by atoms with E-state index in [4.69, 9.17) is 10.3 Å². The molecule has 0 aliphatic heterocycles. The summed E-state index contributed by atoms with van der Waals surface area (Å²) in [6, 6.07) is 5.73. The summed E-state index contributed by atoms with van der Waals surface area (Å²) in [5, 5.41) is 3.89. The van der Waals surface area contributed by atoms with Gasteiger partial charge in [0.25, 0.3) is 5.89 Å². The number of hydrogen-bond acceptors (Lipinski definition) is 5. The molecule has 0 unspecified atom stereocenters. The summed E-state index contributed by atoms with van der Waals surface area (Å²) in [4.78, 5) is 4.29. The van der Waals surface area contributed by atoms with E-state index in [2.05, 4.69) is 10.1 Å². The highest BCUT2D eigenvalue weighted by molar-refractivity contribution is 7.97. The van der Waals surface area contributed by atoms with Gasteiger partial charge in [-0.1, -0.05) is 11.2 Å². The van der Waals surface area contributed by atoms with Crippen molar-refractivity contribution >= 4 is 17.4 Å². The number of nitrogens with zero attached hydrogens (tertiary/aromatic N) is 2. The molecule has 0 saturated carbocycles. The van der Waals surface area contributed by atoms with E-state index in [0.29, 0.717) is 11.7 Å². The van der Waals surface area contributed by atoms with E-state index in [1.807, 2.05) is 31.4 Å². The van der Waals surface area contributed by atoms with Crippen molar-refractivity contribution in [2.75, 3.05) is 12.0 Å². The van der Waals surface area contributed by atoms with E-state index >= 15 is 0 Å². The van der Waals surface area contributed by atoms with Crippen LogP contribution in [0.3, 0.4) is 0 Å². The molecule has 84 valence electrons. The highest BCUT2D eigenvalue weighted by atomic mass is 32.2. The summed E-state index contributed by atoms with van der Waals surface area (Å²) in [6.45, 7) is 1.96. The van der Waals surface area contributed by atoms with Gasteiger partial charge >= 0.3 is 0 Å². The normalized spacial score (nSPS) is 10.6. The van der Waals surface area contributed by atoms with Crippen LogP contribution in [0.15, 0.2) is 22.7 Å². The van der Waals surface area contributed by atoms with Crippen molar-refractivity contribution in [1.82, 2.24) is 10.1 Å². The number of nitrogens with two attached hydrogens (primary N) is 1. The molecule has 0 amide bonds. The van der Waals surface area contributed by atoms with Gasteiger partial charge in [-0.25, -0.2) is 0 Å². The van der Waals surface area contributed by atoms with Gasteiger partial charge in [-0.05, 0) is 30.9 Å². The second kappa shape index (κ2) is 4.57. The Bertz CT molecular complexity index is 496. The molecule has 0 aliphatic rings. The first kappa shape index (κ1) is 11.0. The zero-order chi connectivity index (χ0) is 11.5.